The molecule has 10 rings (SSSR count). The summed E-state index contributed by atoms with van der Waals surface area (Å²) < 4.78 is 20.4. The fraction of sp³-hybridized carbons (Fsp3) is 0.509. The van der Waals surface area contributed by atoms with Crippen molar-refractivity contribution in [2.24, 2.45) is 23.7 Å². The molecule has 2 aliphatic carbocycles. The fourth-order valence-electron chi connectivity index (χ4n) is 12.2. The Balaban J connectivity index is 0.605. The van der Waals surface area contributed by atoms with Crippen LogP contribution in [0.25, 0.3) is 10.9 Å². The van der Waals surface area contributed by atoms with Crippen LogP contribution in [0.3, 0.4) is 0 Å². The number of anilines is 2. The number of aromatic nitrogens is 1. The zero-order valence-electron chi connectivity index (χ0n) is 40.0. The molecule has 15 heteroatoms. The van der Waals surface area contributed by atoms with Crippen LogP contribution in [0.1, 0.15) is 129 Å². The van der Waals surface area contributed by atoms with Gasteiger partial charge in [-0.15, -0.1) is 0 Å². The summed E-state index contributed by atoms with van der Waals surface area (Å²) in [6, 6.07) is 18.9. The van der Waals surface area contributed by atoms with Crippen LogP contribution in [-0.4, -0.2) is 106 Å². The van der Waals surface area contributed by atoms with Gasteiger partial charge in [0.25, 0.3) is 11.8 Å². The number of hydrogen-bond acceptors (Lipinski definition) is 10. The second-order valence-electron chi connectivity index (χ2n) is 20.8. The minimum absolute atomic E-state index is 0.0179. The third-order valence-electron chi connectivity index (χ3n) is 16.4. The molecule has 1 aromatic heterocycles. The molecule has 368 valence electrons. The summed E-state index contributed by atoms with van der Waals surface area (Å²) in [6.07, 6.45) is 13.3. The lowest BCUT2D eigenvalue weighted by atomic mass is 9.73. The maximum Gasteiger partial charge on any atom is 0.262 e. The first-order valence-corrected chi connectivity index (χ1v) is 25.7. The lowest BCUT2D eigenvalue weighted by Gasteiger charge is -2.39. The van der Waals surface area contributed by atoms with Crippen LogP contribution in [0, 0.1) is 29.5 Å². The molecule has 0 spiro atoms. The van der Waals surface area contributed by atoms with E-state index in [0.717, 1.165) is 135 Å². The van der Waals surface area contributed by atoms with E-state index < -0.39 is 29.7 Å². The third-order valence-corrected chi connectivity index (χ3v) is 16.4. The first-order valence-electron chi connectivity index (χ1n) is 25.7. The quantitative estimate of drug-likeness (QED) is 0.118. The summed E-state index contributed by atoms with van der Waals surface area (Å²) >= 11 is 0. The molecular weight excluding hydrogens is 890 g/mol. The molecule has 5 heterocycles. The van der Waals surface area contributed by atoms with Gasteiger partial charge in [-0.2, -0.15) is 0 Å². The molecule has 14 nitrogen and oxygen atoms in total. The van der Waals surface area contributed by atoms with Crippen LogP contribution < -0.4 is 20.7 Å². The predicted octanol–water partition coefficient (Wildman–Crippen LogP) is 8.08. The van der Waals surface area contributed by atoms with Crippen molar-refractivity contribution in [3.8, 4) is 5.75 Å². The number of amides is 6. The first kappa shape index (κ1) is 47.5. The van der Waals surface area contributed by atoms with Crippen LogP contribution in [0.5, 0.6) is 5.75 Å². The molecule has 4 aromatic rings. The number of benzene rings is 3. The van der Waals surface area contributed by atoms with Crippen molar-refractivity contribution >= 4 is 57.7 Å². The second kappa shape index (κ2) is 20.6. The van der Waals surface area contributed by atoms with Crippen molar-refractivity contribution in [2.75, 3.05) is 43.4 Å². The average Bonchev–Trinajstić information content (AvgIpc) is 3.62. The van der Waals surface area contributed by atoms with Gasteiger partial charge in [0, 0.05) is 79.7 Å². The van der Waals surface area contributed by atoms with E-state index in [9.17, 15) is 33.2 Å². The molecule has 5 fully saturated rings. The van der Waals surface area contributed by atoms with E-state index in [4.69, 9.17) is 4.74 Å². The normalized spacial score (nSPS) is 25.4. The minimum atomic E-state index is -0.980. The Labute approximate surface area is 408 Å². The van der Waals surface area contributed by atoms with Gasteiger partial charge in [-0.1, -0.05) is 6.92 Å². The lowest BCUT2D eigenvalue weighted by molar-refractivity contribution is -0.139. The van der Waals surface area contributed by atoms with Crippen LogP contribution in [0.2, 0.25) is 0 Å². The Morgan fingerprint density at radius 2 is 1.49 bits per heavy atom. The number of nitrogens with one attached hydrogen (secondary N) is 3. The second-order valence-corrected chi connectivity index (χ2v) is 20.8. The van der Waals surface area contributed by atoms with E-state index in [1.165, 1.54) is 6.07 Å². The van der Waals surface area contributed by atoms with Gasteiger partial charge >= 0.3 is 0 Å². The highest BCUT2D eigenvalue weighted by molar-refractivity contribution is 6.23. The molecule has 3 aromatic carbocycles. The summed E-state index contributed by atoms with van der Waals surface area (Å²) in [5.74, 6) is -0.0956. The van der Waals surface area contributed by atoms with Gasteiger partial charge in [0.1, 0.15) is 23.7 Å². The Hall–Kier alpha value is -6.22. The Kier molecular flexibility index (Phi) is 14.0. The van der Waals surface area contributed by atoms with Gasteiger partial charge in [0.2, 0.25) is 23.6 Å². The molecule has 4 aliphatic heterocycles. The highest BCUT2D eigenvalue weighted by atomic mass is 19.1. The van der Waals surface area contributed by atoms with Crippen molar-refractivity contribution in [2.45, 2.75) is 121 Å². The number of ether oxygens (including phenoxy) is 1. The van der Waals surface area contributed by atoms with Crippen LogP contribution in [0.15, 0.2) is 72.9 Å². The number of piperidine rings is 3. The molecule has 2 atom stereocenters. The molecule has 3 saturated heterocycles. The Morgan fingerprint density at radius 3 is 2.21 bits per heavy atom. The van der Waals surface area contributed by atoms with E-state index in [1.54, 1.807) is 24.3 Å². The van der Waals surface area contributed by atoms with E-state index >= 15 is 0 Å². The summed E-state index contributed by atoms with van der Waals surface area (Å²) in [5.41, 5.74) is 4.05. The topological polar surface area (TPSA) is 170 Å². The highest BCUT2D eigenvalue weighted by Gasteiger charge is 2.45. The summed E-state index contributed by atoms with van der Waals surface area (Å²) in [7, 11) is 0. The zero-order valence-corrected chi connectivity index (χ0v) is 40.0. The van der Waals surface area contributed by atoms with Crippen molar-refractivity contribution in [1.29, 1.82) is 0 Å². The molecule has 70 heavy (non-hydrogen) atoms. The number of carbonyl (C=O) groups excluding carboxylic acids is 6. The fourth-order valence-corrected chi connectivity index (χ4v) is 12.2. The van der Waals surface area contributed by atoms with Gasteiger partial charge in [0.05, 0.1) is 16.6 Å². The van der Waals surface area contributed by atoms with Crippen molar-refractivity contribution in [3.63, 3.8) is 0 Å². The van der Waals surface area contributed by atoms with Gasteiger partial charge in [-0.05, 0) is 174 Å². The smallest absolute Gasteiger partial charge is 0.262 e. The summed E-state index contributed by atoms with van der Waals surface area (Å²) in [5, 5.41) is 9.82. The number of imide groups is 2. The maximum absolute atomic E-state index is 14.1. The van der Waals surface area contributed by atoms with Crippen molar-refractivity contribution in [3.05, 3.63) is 95.4 Å². The number of likely N-dealkylation sites (tertiary alicyclic amines) is 2. The average molecular weight is 954 g/mol. The van der Waals surface area contributed by atoms with Gasteiger partial charge in [0.15, 0.2) is 0 Å². The van der Waals surface area contributed by atoms with Crippen LogP contribution >= 0.6 is 0 Å². The van der Waals surface area contributed by atoms with E-state index in [1.807, 2.05) is 54.4 Å². The monoisotopic (exact) mass is 953 g/mol. The van der Waals surface area contributed by atoms with Gasteiger partial charge in [-0.3, -0.25) is 44.0 Å². The molecular formula is C55H64FN7O7. The first-order chi connectivity index (χ1) is 33.9. The standard InChI is InChI=1S/C55H64FN7O7/c1-33(35-4-6-36(7-5-35)44-20-25-57-48-17-8-38(56)30-46(44)48)51(65)59-40-11-14-42(15-12-40)70-43-23-28-62(29-24-43)53(67)37-21-26-61(27-22-37)32-34-2-9-39(10-3-34)58-41-13-16-45-47(31-41)55(69)63(54(45)68)49-18-19-50(64)60-52(49)66/h8,11-17,20,25,30-31,33-37,39,43,49,58H,2-7,9-10,18-19,21-24,26-29,32H2,1H3,(H,59,65)(H,60,64,66)/t33-,34?,35?,36?,39?,49?/m1/s1. The lowest BCUT2D eigenvalue weighted by Crippen LogP contribution is -2.54. The SMILES string of the molecule is C[C@@H](C(=O)Nc1ccc(OC2CCN(C(=O)C3CCN(CC4CCC(Nc5ccc6c(c5)C(=O)N(C5CCC(=O)NC5=O)C6=O)CC4)CC3)CC2)cc1)C1CCC(c2ccnc3ccc(F)cc23)CC1. The Morgan fingerprint density at radius 1 is 0.771 bits per heavy atom. The number of pyridine rings is 1. The molecule has 3 N–H and O–H groups in total. The molecule has 2 saturated carbocycles. The molecule has 6 amide bonds. The minimum Gasteiger partial charge on any atom is -0.490 e. The predicted molar refractivity (Wildman–Crippen MR) is 263 cm³/mol. The highest BCUT2D eigenvalue weighted by Crippen LogP contribution is 2.41. The summed E-state index contributed by atoms with van der Waals surface area (Å²) in [6.45, 7) is 6.28. The Bertz CT molecular complexity index is 2630. The van der Waals surface area contributed by atoms with E-state index in [2.05, 4.69) is 25.8 Å². The van der Waals surface area contributed by atoms with E-state index in [0.29, 0.717) is 24.9 Å². The van der Waals surface area contributed by atoms with Crippen molar-refractivity contribution < 1.29 is 37.9 Å². The number of fused-ring (bicyclic) bond motifs is 2. The maximum atomic E-state index is 14.1. The molecule has 0 bridgehead atoms. The van der Waals surface area contributed by atoms with E-state index in [-0.39, 0.29) is 71.5 Å². The molecule has 1 unspecified atom stereocenters. The number of nitrogens with zero attached hydrogens (tertiary/aromatic N) is 4. The number of halogens is 1. The number of rotatable bonds is 12. The van der Waals surface area contributed by atoms with Gasteiger partial charge < -0.3 is 25.2 Å². The number of carbonyl (C=O) groups is 6. The number of hydrogen-bond donors (Lipinski definition) is 3. The molecule has 6 aliphatic rings. The zero-order chi connectivity index (χ0) is 48.5. The van der Waals surface area contributed by atoms with Crippen LogP contribution in [0.4, 0.5) is 15.8 Å². The van der Waals surface area contributed by atoms with Crippen LogP contribution in [-0.2, 0) is 19.2 Å². The largest absolute Gasteiger partial charge is 0.490 e. The third kappa shape index (κ3) is 10.3. The van der Waals surface area contributed by atoms with Crippen molar-refractivity contribution in [1.82, 2.24) is 25.0 Å². The van der Waals surface area contributed by atoms with Gasteiger partial charge in [-0.25, -0.2) is 4.39 Å². The molecule has 0 radical (unpaired) electrons. The summed E-state index contributed by atoms with van der Waals surface area (Å²) in [4.78, 5) is 87.5.